The van der Waals surface area contributed by atoms with Crippen LogP contribution in [-0.2, 0) is 6.42 Å². The smallest absolute Gasteiger partial charge is 0.274 e. The third-order valence-corrected chi connectivity index (χ3v) is 7.22. The van der Waals surface area contributed by atoms with Gasteiger partial charge in [-0.25, -0.2) is 4.98 Å². The number of fused-ring (bicyclic) bond motifs is 1. The highest BCUT2D eigenvalue weighted by Crippen LogP contribution is 2.32. The van der Waals surface area contributed by atoms with Gasteiger partial charge in [0, 0.05) is 30.6 Å². The number of benzene rings is 1. The summed E-state index contributed by atoms with van der Waals surface area (Å²) in [6.45, 7) is 6.54. The molecule has 0 aliphatic carbocycles. The Kier molecular flexibility index (Phi) is 6.09. The van der Waals surface area contributed by atoms with E-state index in [9.17, 15) is 4.79 Å². The van der Waals surface area contributed by atoms with E-state index in [2.05, 4.69) is 64.4 Å². The summed E-state index contributed by atoms with van der Waals surface area (Å²) in [5.41, 5.74) is 4.32. The number of piperidine rings is 1. The molecule has 1 aliphatic rings. The molecule has 3 aromatic heterocycles. The lowest BCUT2D eigenvalue weighted by atomic mass is 9.91. The van der Waals surface area contributed by atoms with Gasteiger partial charge in [0.2, 0.25) is 0 Å². The van der Waals surface area contributed by atoms with Gasteiger partial charge in [0.1, 0.15) is 5.69 Å². The Morgan fingerprint density at radius 2 is 1.88 bits per heavy atom. The van der Waals surface area contributed by atoms with Crippen molar-refractivity contribution in [1.29, 1.82) is 0 Å². The summed E-state index contributed by atoms with van der Waals surface area (Å²) in [6.07, 6.45) is 5.63. The zero-order chi connectivity index (χ0) is 22.8. The van der Waals surface area contributed by atoms with E-state index in [0.29, 0.717) is 17.5 Å². The van der Waals surface area contributed by atoms with Crippen molar-refractivity contribution in [2.75, 3.05) is 23.3 Å². The van der Waals surface area contributed by atoms with Gasteiger partial charge in [-0.05, 0) is 48.1 Å². The number of pyridine rings is 2. The monoisotopic (exact) mass is 456 g/mol. The van der Waals surface area contributed by atoms with Crippen molar-refractivity contribution in [1.82, 2.24) is 9.97 Å². The van der Waals surface area contributed by atoms with Gasteiger partial charge in [0.25, 0.3) is 5.91 Å². The Morgan fingerprint density at radius 1 is 1.09 bits per heavy atom. The highest BCUT2D eigenvalue weighted by molar-refractivity contribution is 7.19. The number of hydrogen-bond acceptors (Lipinski definition) is 5. The van der Waals surface area contributed by atoms with Gasteiger partial charge in [0.15, 0.2) is 0 Å². The molecular formula is C27H28N4OS. The predicted octanol–water partition coefficient (Wildman–Crippen LogP) is 6.02. The van der Waals surface area contributed by atoms with E-state index in [0.717, 1.165) is 41.1 Å². The highest BCUT2D eigenvalue weighted by Gasteiger charge is 2.24. The Balaban J connectivity index is 1.35. The van der Waals surface area contributed by atoms with Gasteiger partial charge >= 0.3 is 0 Å². The molecular weight excluding hydrogens is 428 g/mol. The Hall–Kier alpha value is -3.25. The van der Waals surface area contributed by atoms with Crippen LogP contribution in [0.4, 0.5) is 11.4 Å². The summed E-state index contributed by atoms with van der Waals surface area (Å²) >= 11 is 1.73. The summed E-state index contributed by atoms with van der Waals surface area (Å²) in [4.78, 5) is 25.6. The lowest BCUT2D eigenvalue weighted by molar-refractivity contribution is 0.102. The van der Waals surface area contributed by atoms with Crippen LogP contribution >= 0.6 is 11.3 Å². The summed E-state index contributed by atoms with van der Waals surface area (Å²) in [5, 5.41) is 3.06. The fourth-order valence-electron chi connectivity index (χ4n) is 4.79. The summed E-state index contributed by atoms with van der Waals surface area (Å²) in [7, 11) is 0. The van der Waals surface area contributed by atoms with E-state index in [-0.39, 0.29) is 5.91 Å². The molecule has 4 aromatic rings. The molecule has 4 heterocycles. The van der Waals surface area contributed by atoms with E-state index in [1.54, 1.807) is 23.7 Å². The summed E-state index contributed by atoms with van der Waals surface area (Å²) in [5.74, 6) is 1.04. The van der Waals surface area contributed by atoms with E-state index in [4.69, 9.17) is 0 Å². The molecule has 0 saturated carbocycles. The van der Waals surface area contributed by atoms with E-state index >= 15 is 0 Å². The first kappa shape index (κ1) is 21.6. The molecule has 1 fully saturated rings. The molecule has 1 saturated heterocycles. The maximum absolute atomic E-state index is 13.1. The van der Waals surface area contributed by atoms with Crippen LogP contribution in [0.25, 0.3) is 10.2 Å². The van der Waals surface area contributed by atoms with E-state index in [1.807, 2.05) is 24.3 Å². The van der Waals surface area contributed by atoms with Crippen molar-refractivity contribution >= 4 is 38.8 Å². The van der Waals surface area contributed by atoms with Crippen molar-refractivity contribution in [3.05, 3.63) is 83.1 Å². The molecule has 6 heteroatoms. The second-order valence-electron chi connectivity index (χ2n) is 9.15. The Bertz CT molecular complexity index is 1260. The van der Waals surface area contributed by atoms with Crippen molar-refractivity contribution in [2.45, 2.75) is 26.7 Å². The van der Waals surface area contributed by atoms with Gasteiger partial charge < -0.3 is 10.2 Å². The molecule has 5 rings (SSSR count). The predicted molar refractivity (Wildman–Crippen MR) is 136 cm³/mol. The molecule has 5 nitrogen and oxygen atoms in total. The lowest BCUT2D eigenvalue weighted by Gasteiger charge is -2.37. The molecule has 1 N–H and O–H groups in total. The van der Waals surface area contributed by atoms with Crippen LogP contribution in [0.3, 0.4) is 0 Å². The zero-order valence-corrected chi connectivity index (χ0v) is 19.8. The molecule has 0 bridgehead atoms. The minimum atomic E-state index is -0.208. The van der Waals surface area contributed by atoms with Gasteiger partial charge in [0.05, 0.1) is 27.8 Å². The minimum Gasteiger partial charge on any atom is -0.369 e. The number of carbonyl (C=O) groups excluding carboxylic acids is 1. The first-order chi connectivity index (χ1) is 16.0. The molecule has 168 valence electrons. The van der Waals surface area contributed by atoms with E-state index < -0.39 is 0 Å². The van der Waals surface area contributed by atoms with Crippen LogP contribution in [0.15, 0.2) is 67.0 Å². The molecule has 0 radical (unpaired) electrons. The number of anilines is 2. The Labute approximate surface area is 198 Å². The van der Waals surface area contributed by atoms with E-state index in [1.165, 1.54) is 16.9 Å². The first-order valence-corrected chi connectivity index (χ1v) is 12.3. The largest absolute Gasteiger partial charge is 0.369 e. The highest BCUT2D eigenvalue weighted by atomic mass is 32.1. The van der Waals surface area contributed by atoms with Crippen molar-refractivity contribution in [2.24, 2.45) is 11.8 Å². The molecule has 0 spiro atoms. The third kappa shape index (κ3) is 4.91. The number of thiophene rings is 1. The number of hydrogen-bond donors (Lipinski definition) is 1. The standard InChI is InChI=1S/C27H28N4OS/c1-18-12-19(2)17-31(16-18)25-10-11-28-15-24(25)30-27(32)22-8-9-26-23(29-22)14-21(33-26)13-20-6-4-3-5-7-20/h3-11,14-15,18-19H,12-13,16-17H2,1-2H3,(H,30,32)/t18-,19+. The molecule has 1 amide bonds. The first-order valence-electron chi connectivity index (χ1n) is 11.5. The van der Waals surface area contributed by atoms with Crippen LogP contribution in [0.2, 0.25) is 0 Å². The van der Waals surface area contributed by atoms with Crippen LogP contribution in [-0.4, -0.2) is 29.0 Å². The van der Waals surface area contributed by atoms with Crippen LogP contribution < -0.4 is 10.2 Å². The van der Waals surface area contributed by atoms with Gasteiger partial charge in [-0.1, -0.05) is 44.2 Å². The number of carbonyl (C=O) groups is 1. The van der Waals surface area contributed by atoms with Gasteiger partial charge in [-0.2, -0.15) is 0 Å². The summed E-state index contributed by atoms with van der Waals surface area (Å²) < 4.78 is 1.09. The van der Waals surface area contributed by atoms with Crippen LogP contribution in [0.5, 0.6) is 0 Å². The third-order valence-electron chi connectivity index (χ3n) is 6.13. The number of rotatable bonds is 5. The van der Waals surface area contributed by atoms with Crippen molar-refractivity contribution < 1.29 is 4.79 Å². The quantitative estimate of drug-likeness (QED) is 0.399. The SMILES string of the molecule is C[C@@H]1C[C@H](C)CN(c2ccncc2NC(=O)c2ccc3sc(Cc4ccccc4)cc3n2)C1. The number of nitrogens with zero attached hydrogens (tertiary/aromatic N) is 3. The Morgan fingerprint density at radius 3 is 2.67 bits per heavy atom. The number of aromatic nitrogens is 2. The maximum Gasteiger partial charge on any atom is 0.274 e. The topological polar surface area (TPSA) is 58.1 Å². The normalized spacial score (nSPS) is 18.4. The van der Waals surface area contributed by atoms with Crippen molar-refractivity contribution in [3.63, 3.8) is 0 Å². The van der Waals surface area contributed by atoms with Crippen LogP contribution in [0.1, 0.15) is 41.2 Å². The van der Waals surface area contributed by atoms with Crippen molar-refractivity contribution in [3.8, 4) is 0 Å². The average Bonchev–Trinajstić information content (AvgIpc) is 3.21. The molecule has 2 atom stereocenters. The van der Waals surface area contributed by atoms with Crippen LogP contribution in [0, 0.1) is 11.8 Å². The lowest BCUT2D eigenvalue weighted by Crippen LogP contribution is -2.39. The molecule has 1 aromatic carbocycles. The van der Waals surface area contributed by atoms with Gasteiger partial charge in [-0.15, -0.1) is 11.3 Å². The minimum absolute atomic E-state index is 0.208. The molecule has 1 aliphatic heterocycles. The van der Waals surface area contributed by atoms with Gasteiger partial charge in [-0.3, -0.25) is 9.78 Å². The maximum atomic E-state index is 13.1. The number of amides is 1. The molecule has 33 heavy (non-hydrogen) atoms. The fraction of sp³-hybridized carbons (Fsp3) is 0.296. The molecule has 0 unspecified atom stereocenters. The fourth-order valence-corrected chi connectivity index (χ4v) is 5.83. The average molecular weight is 457 g/mol. The summed E-state index contributed by atoms with van der Waals surface area (Å²) in [6, 6.07) is 18.3. The second kappa shape index (κ2) is 9.32. The second-order valence-corrected chi connectivity index (χ2v) is 10.3. The zero-order valence-electron chi connectivity index (χ0n) is 19.0. The number of nitrogens with one attached hydrogen (secondary N) is 1.